The lowest BCUT2D eigenvalue weighted by Crippen LogP contribution is -2.40. The van der Waals surface area contributed by atoms with E-state index in [4.69, 9.17) is 4.74 Å². The number of benzene rings is 2. The maximum Gasteiger partial charge on any atom is 0.262 e. The first-order chi connectivity index (χ1) is 14.7. The number of halogens is 1. The van der Waals surface area contributed by atoms with Crippen LogP contribution < -0.4 is 10.0 Å². The number of morpholine rings is 1. The highest BCUT2D eigenvalue weighted by molar-refractivity contribution is 7.92. The van der Waals surface area contributed by atoms with Gasteiger partial charge in [0.25, 0.3) is 10.0 Å². The van der Waals surface area contributed by atoms with Crippen LogP contribution in [0.5, 0.6) is 0 Å². The Labute approximate surface area is 182 Å². The average molecular weight is 472 g/mol. The fourth-order valence-corrected chi connectivity index (χ4v) is 5.63. The molecule has 1 fully saturated rings. The average Bonchev–Trinajstić information content (AvgIpc) is 2.75. The van der Waals surface area contributed by atoms with Gasteiger partial charge in [-0.3, -0.25) is 4.72 Å². The molecule has 0 aromatic heterocycles. The van der Waals surface area contributed by atoms with Crippen molar-refractivity contribution in [3.63, 3.8) is 0 Å². The van der Waals surface area contributed by atoms with Gasteiger partial charge in [0.05, 0.1) is 34.4 Å². The fourth-order valence-electron chi connectivity index (χ4n) is 3.10. The van der Waals surface area contributed by atoms with Gasteiger partial charge in [-0.05, 0) is 42.8 Å². The molecule has 0 radical (unpaired) electrons. The Bertz CT molecular complexity index is 1120. The van der Waals surface area contributed by atoms with Gasteiger partial charge >= 0.3 is 0 Å². The molecule has 31 heavy (non-hydrogen) atoms. The highest BCUT2D eigenvalue weighted by atomic mass is 32.2. The van der Waals surface area contributed by atoms with Crippen LogP contribution in [0.1, 0.15) is 19.8 Å². The third kappa shape index (κ3) is 5.73. The molecule has 0 bridgehead atoms. The summed E-state index contributed by atoms with van der Waals surface area (Å²) in [5.41, 5.74) is 0.518. The predicted octanol–water partition coefficient (Wildman–Crippen LogP) is 2.86. The van der Waals surface area contributed by atoms with E-state index in [0.29, 0.717) is 25.4 Å². The Balaban J connectivity index is 1.97. The van der Waals surface area contributed by atoms with Gasteiger partial charge in [0.2, 0.25) is 10.0 Å². The second kappa shape index (κ2) is 9.94. The van der Waals surface area contributed by atoms with E-state index in [9.17, 15) is 21.2 Å². The third-order valence-electron chi connectivity index (χ3n) is 4.80. The van der Waals surface area contributed by atoms with Gasteiger partial charge in [-0.25, -0.2) is 21.2 Å². The van der Waals surface area contributed by atoms with E-state index in [1.54, 1.807) is 0 Å². The first kappa shape index (κ1) is 23.5. The number of anilines is 2. The lowest BCUT2D eigenvalue weighted by atomic mass is 10.2. The molecule has 2 N–H and O–H groups in total. The van der Waals surface area contributed by atoms with Crippen LogP contribution >= 0.6 is 0 Å². The van der Waals surface area contributed by atoms with Gasteiger partial charge in [-0.1, -0.05) is 19.4 Å². The zero-order valence-electron chi connectivity index (χ0n) is 17.2. The molecule has 0 saturated carbocycles. The highest BCUT2D eigenvalue weighted by Crippen LogP contribution is 2.30. The second-order valence-electron chi connectivity index (χ2n) is 7.07. The van der Waals surface area contributed by atoms with Gasteiger partial charge in [-0.2, -0.15) is 4.31 Å². The van der Waals surface area contributed by atoms with Gasteiger partial charge < -0.3 is 10.1 Å². The lowest BCUT2D eigenvalue weighted by Gasteiger charge is -2.26. The van der Waals surface area contributed by atoms with Crippen molar-refractivity contribution in [2.45, 2.75) is 29.6 Å². The van der Waals surface area contributed by atoms with Crippen LogP contribution in [0.15, 0.2) is 52.3 Å². The Morgan fingerprint density at radius 3 is 2.42 bits per heavy atom. The van der Waals surface area contributed by atoms with Crippen molar-refractivity contribution in [1.82, 2.24) is 4.31 Å². The number of rotatable bonds is 9. The minimum Gasteiger partial charge on any atom is -0.383 e. The van der Waals surface area contributed by atoms with Gasteiger partial charge in [0.15, 0.2) is 0 Å². The molecule has 3 rings (SSSR count). The summed E-state index contributed by atoms with van der Waals surface area (Å²) >= 11 is 0. The van der Waals surface area contributed by atoms with Crippen LogP contribution in [0, 0.1) is 5.82 Å². The van der Waals surface area contributed by atoms with E-state index in [1.165, 1.54) is 34.6 Å². The Morgan fingerprint density at radius 1 is 1.00 bits per heavy atom. The summed E-state index contributed by atoms with van der Waals surface area (Å²) in [6, 6.07) is 8.88. The molecular formula is C20H26FN3O5S2. The number of nitrogens with zero attached hydrogens (tertiary/aromatic N) is 1. The highest BCUT2D eigenvalue weighted by Gasteiger charge is 2.27. The largest absolute Gasteiger partial charge is 0.383 e. The van der Waals surface area contributed by atoms with Crippen LogP contribution in [0.4, 0.5) is 15.8 Å². The Hall–Kier alpha value is -2.21. The molecule has 0 aliphatic carbocycles. The van der Waals surface area contributed by atoms with Crippen molar-refractivity contribution in [2.75, 3.05) is 42.9 Å². The molecule has 1 saturated heterocycles. The molecule has 0 atom stereocenters. The zero-order valence-corrected chi connectivity index (χ0v) is 18.8. The number of hydrogen-bond donors (Lipinski definition) is 2. The minimum atomic E-state index is -4.13. The van der Waals surface area contributed by atoms with E-state index in [2.05, 4.69) is 10.0 Å². The number of unbranched alkanes of at least 4 members (excludes halogenated alkanes) is 1. The lowest BCUT2D eigenvalue weighted by molar-refractivity contribution is 0.0730. The first-order valence-electron chi connectivity index (χ1n) is 9.98. The molecular weight excluding hydrogens is 445 g/mol. The number of nitrogens with one attached hydrogen (secondary N) is 2. The molecule has 1 heterocycles. The summed E-state index contributed by atoms with van der Waals surface area (Å²) in [6.45, 7) is 3.66. The van der Waals surface area contributed by atoms with Crippen molar-refractivity contribution in [1.29, 1.82) is 0 Å². The molecule has 2 aromatic carbocycles. The Morgan fingerprint density at radius 2 is 1.74 bits per heavy atom. The molecule has 11 heteroatoms. The van der Waals surface area contributed by atoms with Crippen molar-refractivity contribution in [3.8, 4) is 0 Å². The van der Waals surface area contributed by atoms with Crippen molar-refractivity contribution in [2.24, 2.45) is 0 Å². The number of ether oxygens (including phenoxy) is 1. The number of hydrogen-bond acceptors (Lipinski definition) is 6. The van der Waals surface area contributed by atoms with Crippen molar-refractivity contribution >= 4 is 31.4 Å². The van der Waals surface area contributed by atoms with E-state index in [0.717, 1.165) is 25.0 Å². The summed E-state index contributed by atoms with van der Waals surface area (Å²) in [6.07, 6.45) is 1.78. The summed E-state index contributed by atoms with van der Waals surface area (Å²) in [5.74, 6) is -0.687. The van der Waals surface area contributed by atoms with Crippen LogP contribution in [-0.4, -0.2) is 54.0 Å². The molecule has 170 valence electrons. The van der Waals surface area contributed by atoms with Crippen LogP contribution in [0.3, 0.4) is 0 Å². The monoisotopic (exact) mass is 471 g/mol. The van der Waals surface area contributed by atoms with E-state index in [1.807, 2.05) is 6.92 Å². The van der Waals surface area contributed by atoms with Crippen LogP contribution in [0.25, 0.3) is 0 Å². The van der Waals surface area contributed by atoms with E-state index < -0.39 is 25.9 Å². The summed E-state index contributed by atoms with van der Waals surface area (Å²) in [7, 11) is -7.96. The topological polar surface area (TPSA) is 105 Å². The van der Waals surface area contributed by atoms with Gasteiger partial charge in [-0.15, -0.1) is 0 Å². The van der Waals surface area contributed by atoms with Gasteiger partial charge in [0, 0.05) is 19.6 Å². The first-order valence-corrected chi connectivity index (χ1v) is 12.9. The Kier molecular flexibility index (Phi) is 7.52. The molecule has 0 spiro atoms. The molecule has 1 aliphatic rings. The summed E-state index contributed by atoms with van der Waals surface area (Å²) < 4.78 is 74.1. The van der Waals surface area contributed by atoms with Crippen molar-refractivity contribution < 1.29 is 26.0 Å². The molecule has 8 nitrogen and oxygen atoms in total. The predicted molar refractivity (Wildman–Crippen MR) is 117 cm³/mol. The maximum atomic E-state index is 13.5. The van der Waals surface area contributed by atoms with Gasteiger partial charge in [0.1, 0.15) is 5.82 Å². The molecule has 2 aromatic rings. The molecule has 0 unspecified atom stereocenters. The van der Waals surface area contributed by atoms with E-state index >= 15 is 0 Å². The minimum absolute atomic E-state index is 0.0348. The smallest absolute Gasteiger partial charge is 0.262 e. The normalized spacial score (nSPS) is 15.5. The maximum absolute atomic E-state index is 13.5. The quantitative estimate of drug-likeness (QED) is 0.545. The molecule has 0 amide bonds. The standard InChI is InChI=1S/C20H26FN3O5S2/c1-2-3-9-22-19-8-7-18(31(27,28)24-10-12-29-13-11-24)15-20(19)23-30(25,26)17-6-4-5-16(21)14-17/h4-8,14-15,22-23H,2-3,9-13H2,1H3. The second-order valence-corrected chi connectivity index (χ2v) is 10.7. The van der Waals surface area contributed by atoms with E-state index in [-0.39, 0.29) is 28.6 Å². The molecule has 1 aliphatic heterocycles. The zero-order chi connectivity index (χ0) is 22.5. The number of sulfonamides is 2. The van der Waals surface area contributed by atoms with Crippen LogP contribution in [0.2, 0.25) is 0 Å². The van der Waals surface area contributed by atoms with Crippen LogP contribution in [-0.2, 0) is 24.8 Å². The third-order valence-corrected chi connectivity index (χ3v) is 8.05. The fraction of sp³-hybridized carbons (Fsp3) is 0.400. The summed E-state index contributed by atoms with van der Waals surface area (Å²) in [5, 5.41) is 3.13. The SMILES string of the molecule is CCCCNc1ccc(S(=O)(=O)N2CCOCC2)cc1NS(=O)(=O)c1cccc(F)c1. The summed E-state index contributed by atoms with van der Waals surface area (Å²) in [4.78, 5) is -0.291. The van der Waals surface area contributed by atoms with Crippen molar-refractivity contribution in [3.05, 3.63) is 48.3 Å².